The Bertz CT molecular complexity index is 453. The second kappa shape index (κ2) is 7.30. The average molecular weight is 315 g/mol. The maximum atomic E-state index is 12.2. The molecule has 0 bridgehead atoms. The van der Waals surface area contributed by atoms with Crippen molar-refractivity contribution in [2.45, 2.75) is 19.8 Å². The quantitative estimate of drug-likeness (QED) is 0.926. The van der Waals surface area contributed by atoms with Crippen LogP contribution in [0.2, 0.25) is 10.0 Å². The number of carbonyl (C=O) groups excluding carboxylic acids is 1. The highest BCUT2D eigenvalue weighted by Crippen LogP contribution is 2.27. The van der Waals surface area contributed by atoms with Crippen molar-refractivity contribution in [3.05, 3.63) is 33.8 Å². The first kappa shape index (κ1) is 15.6. The fraction of sp³-hybridized carbons (Fsp3) is 0.533. The molecule has 1 atom stereocenters. The minimum Gasteiger partial charge on any atom is -0.340 e. The molecular weight excluding hydrogens is 295 g/mol. The Balaban J connectivity index is 1.91. The summed E-state index contributed by atoms with van der Waals surface area (Å²) in [5, 5.41) is 4.61. The zero-order chi connectivity index (χ0) is 14.5. The molecule has 0 radical (unpaired) electrons. The molecule has 20 heavy (non-hydrogen) atoms. The van der Waals surface area contributed by atoms with E-state index in [1.54, 1.807) is 0 Å². The third kappa shape index (κ3) is 4.11. The van der Waals surface area contributed by atoms with Gasteiger partial charge in [0.2, 0.25) is 5.91 Å². The summed E-state index contributed by atoms with van der Waals surface area (Å²) >= 11 is 12.3. The van der Waals surface area contributed by atoms with E-state index < -0.39 is 0 Å². The van der Waals surface area contributed by atoms with E-state index in [4.69, 9.17) is 23.2 Å². The molecule has 1 fully saturated rings. The average Bonchev–Trinajstić information content (AvgIpc) is 2.44. The van der Waals surface area contributed by atoms with Gasteiger partial charge in [-0.1, -0.05) is 36.2 Å². The molecular formula is C15H20Cl2N2O. The third-order valence-electron chi connectivity index (χ3n) is 3.61. The van der Waals surface area contributed by atoms with Crippen molar-refractivity contribution < 1.29 is 4.79 Å². The molecule has 1 unspecified atom stereocenters. The molecule has 1 aromatic rings. The largest absolute Gasteiger partial charge is 0.340 e. The van der Waals surface area contributed by atoms with Crippen LogP contribution in [0.25, 0.3) is 0 Å². The maximum absolute atomic E-state index is 12.2. The van der Waals surface area contributed by atoms with Gasteiger partial charge in [-0.3, -0.25) is 4.79 Å². The van der Waals surface area contributed by atoms with Crippen LogP contribution in [0.15, 0.2) is 18.2 Å². The lowest BCUT2D eigenvalue weighted by atomic mass is 9.97. The van der Waals surface area contributed by atoms with Crippen LogP contribution in [-0.4, -0.2) is 37.0 Å². The summed E-state index contributed by atoms with van der Waals surface area (Å²) < 4.78 is 0. The number of amides is 1. The number of rotatable bonds is 4. The first-order chi connectivity index (χ1) is 9.58. The van der Waals surface area contributed by atoms with Crippen LogP contribution in [0.1, 0.15) is 18.9 Å². The van der Waals surface area contributed by atoms with Gasteiger partial charge >= 0.3 is 0 Å². The SMILES string of the molecule is CC(CC(=O)N1CCNCC1)Cc1c(Cl)cccc1Cl. The molecule has 1 saturated heterocycles. The van der Waals surface area contributed by atoms with Crippen LogP contribution in [0.3, 0.4) is 0 Å². The van der Waals surface area contributed by atoms with E-state index in [0.717, 1.165) is 38.2 Å². The highest BCUT2D eigenvalue weighted by atomic mass is 35.5. The van der Waals surface area contributed by atoms with Crippen molar-refractivity contribution in [3.8, 4) is 0 Å². The molecule has 1 aromatic carbocycles. The molecule has 3 nitrogen and oxygen atoms in total. The Morgan fingerprint density at radius 2 is 1.90 bits per heavy atom. The Morgan fingerprint density at radius 1 is 1.30 bits per heavy atom. The van der Waals surface area contributed by atoms with Crippen LogP contribution >= 0.6 is 23.2 Å². The number of hydrogen-bond donors (Lipinski definition) is 1. The molecule has 0 aliphatic carbocycles. The van der Waals surface area contributed by atoms with Crippen LogP contribution in [0, 0.1) is 5.92 Å². The van der Waals surface area contributed by atoms with Crippen molar-refractivity contribution in [3.63, 3.8) is 0 Å². The number of halogens is 2. The lowest BCUT2D eigenvalue weighted by molar-refractivity contribution is -0.132. The number of nitrogens with zero attached hydrogens (tertiary/aromatic N) is 1. The van der Waals surface area contributed by atoms with E-state index in [1.165, 1.54) is 0 Å². The summed E-state index contributed by atoms with van der Waals surface area (Å²) in [6.07, 6.45) is 1.28. The van der Waals surface area contributed by atoms with Gasteiger partial charge in [0, 0.05) is 42.6 Å². The highest BCUT2D eigenvalue weighted by Gasteiger charge is 2.19. The predicted molar refractivity (Wildman–Crippen MR) is 83.4 cm³/mol. The first-order valence-corrected chi connectivity index (χ1v) is 7.75. The van der Waals surface area contributed by atoms with Gasteiger partial charge in [-0.05, 0) is 30.0 Å². The molecule has 1 amide bonds. The predicted octanol–water partition coefficient (Wildman–Crippen LogP) is 2.99. The van der Waals surface area contributed by atoms with Crippen LogP contribution in [-0.2, 0) is 11.2 Å². The molecule has 0 aromatic heterocycles. The summed E-state index contributed by atoms with van der Waals surface area (Å²) in [5.41, 5.74) is 0.941. The first-order valence-electron chi connectivity index (χ1n) is 6.99. The lowest BCUT2D eigenvalue weighted by Crippen LogP contribution is -2.46. The summed E-state index contributed by atoms with van der Waals surface area (Å²) in [6, 6.07) is 5.52. The second-order valence-corrected chi connectivity index (χ2v) is 6.16. The smallest absolute Gasteiger partial charge is 0.222 e. The topological polar surface area (TPSA) is 32.3 Å². The minimum atomic E-state index is 0.224. The molecule has 1 N–H and O–H groups in total. The molecule has 0 spiro atoms. The van der Waals surface area contributed by atoms with Gasteiger partial charge < -0.3 is 10.2 Å². The number of benzene rings is 1. The van der Waals surface area contributed by atoms with Crippen LogP contribution in [0.4, 0.5) is 0 Å². The van der Waals surface area contributed by atoms with E-state index in [1.807, 2.05) is 23.1 Å². The van der Waals surface area contributed by atoms with Crippen molar-refractivity contribution in [1.82, 2.24) is 10.2 Å². The fourth-order valence-electron chi connectivity index (χ4n) is 2.49. The lowest BCUT2D eigenvalue weighted by Gasteiger charge is -2.28. The Kier molecular flexibility index (Phi) is 5.70. The van der Waals surface area contributed by atoms with Gasteiger partial charge in [-0.2, -0.15) is 0 Å². The summed E-state index contributed by atoms with van der Waals surface area (Å²) in [4.78, 5) is 14.1. The van der Waals surface area contributed by atoms with E-state index >= 15 is 0 Å². The monoisotopic (exact) mass is 314 g/mol. The molecule has 1 aliphatic rings. The summed E-state index contributed by atoms with van der Waals surface area (Å²) in [5.74, 6) is 0.456. The Labute approximate surface area is 130 Å². The van der Waals surface area contributed by atoms with E-state index in [9.17, 15) is 4.79 Å². The van der Waals surface area contributed by atoms with E-state index in [0.29, 0.717) is 16.5 Å². The van der Waals surface area contributed by atoms with Crippen molar-refractivity contribution in [1.29, 1.82) is 0 Å². The molecule has 110 valence electrons. The number of piperazine rings is 1. The summed E-state index contributed by atoms with van der Waals surface area (Å²) in [7, 11) is 0. The Hall–Kier alpha value is -0.770. The number of hydrogen-bond acceptors (Lipinski definition) is 2. The van der Waals surface area contributed by atoms with Crippen LogP contribution < -0.4 is 5.32 Å². The fourth-order valence-corrected chi connectivity index (χ4v) is 3.04. The molecule has 5 heteroatoms. The third-order valence-corrected chi connectivity index (χ3v) is 4.32. The van der Waals surface area contributed by atoms with E-state index in [2.05, 4.69) is 12.2 Å². The van der Waals surface area contributed by atoms with Gasteiger partial charge in [-0.15, -0.1) is 0 Å². The number of nitrogens with one attached hydrogen (secondary N) is 1. The Morgan fingerprint density at radius 3 is 2.50 bits per heavy atom. The van der Waals surface area contributed by atoms with Crippen molar-refractivity contribution in [2.75, 3.05) is 26.2 Å². The molecule has 0 saturated carbocycles. The molecule has 1 heterocycles. The standard InChI is InChI=1S/C15H20Cl2N2O/c1-11(9-12-13(16)3-2-4-14(12)17)10-15(20)19-7-5-18-6-8-19/h2-4,11,18H,5-10H2,1H3. The second-order valence-electron chi connectivity index (χ2n) is 5.34. The molecule has 2 rings (SSSR count). The van der Waals surface area contributed by atoms with Gasteiger partial charge in [0.25, 0.3) is 0 Å². The normalized spacial score (nSPS) is 17.1. The van der Waals surface area contributed by atoms with Crippen LogP contribution in [0.5, 0.6) is 0 Å². The van der Waals surface area contributed by atoms with Gasteiger partial charge in [0.1, 0.15) is 0 Å². The number of carbonyl (C=O) groups is 1. The maximum Gasteiger partial charge on any atom is 0.222 e. The zero-order valence-corrected chi connectivity index (χ0v) is 13.2. The zero-order valence-electron chi connectivity index (χ0n) is 11.7. The van der Waals surface area contributed by atoms with E-state index in [-0.39, 0.29) is 11.8 Å². The van der Waals surface area contributed by atoms with Gasteiger partial charge in [0.05, 0.1) is 0 Å². The van der Waals surface area contributed by atoms with Gasteiger partial charge in [0.15, 0.2) is 0 Å². The minimum absolute atomic E-state index is 0.224. The molecule has 1 aliphatic heterocycles. The van der Waals surface area contributed by atoms with Crippen molar-refractivity contribution >= 4 is 29.1 Å². The van der Waals surface area contributed by atoms with Crippen molar-refractivity contribution in [2.24, 2.45) is 5.92 Å². The van der Waals surface area contributed by atoms with Gasteiger partial charge in [-0.25, -0.2) is 0 Å². The highest BCUT2D eigenvalue weighted by molar-refractivity contribution is 6.35. The summed E-state index contributed by atoms with van der Waals surface area (Å²) in [6.45, 7) is 5.45.